The van der Waals surface area contributed by atoms with E-state index in [9.17, 15) is 14.7 Å². The number of carbonyl (C=O) groups is 2. The zero-order valence-electron chi connectivity index (χ0n) is 12.1. The molecule has 1 amide bonds. The summed E-state index contributed by atoms with van der Waals surface area (Å²) < 4.78 is 0. The highest BCUT2D eigenvalue weighted by molar-refractivity contribution is 6.06. The fraction of sp³-hybridized carbons (Fsp3) is 0.267. The van der Waals surface area contributed by atoms with Crippen LogP contribution >= 0.6 is 0 Å². The van der Waals surface area contributed by atoms with Crippen molar-refractivity contribution in [2.75, 3.05) is 11.9 Å². The van der Waals surface area contributed by atoms with Crippen molar-refractivity contribution in [3.63, 3.8) is 0 Å². The summed E-state index contributed by atoms with van der Waals surface area (Å²) in [6.45, 7) is 2.07. The Bertz CT molecular complexity index is 632. The van der Waals surface area contributed by atoms with Gasteiger partial charge in [0.1, 0.15) is 17.4 Å². The zero-order chi connectivity index (χ0) is 16.5. The average Bonchev–Trinajstić information content (AvgIpc) is 2.45. The maximum Gasteiger partial charge on any atom is 0.303 e. The van der Waals surface area contributed by atoms with E-state index in [0.717, 1.165) is 0 Å². The van der Waals surface area contributed by atoms with E-state index in [4.69, 9.17) is 10.4 Å². The quantitative estimate of drug-likeness (QED) is 0.262. The van der Waals surface area contributed by atoms with Gasteiger partial charge in [-0.2, -0.15) is 5.26 Å². The van der Waals surface area contributed by atoms with Crippen LogP contribution in [0.25, 0.3) is 0 Å². The molecule has 1 aromatic rings. The Labute approximate surface area is 127 Å². The summed E-state index contributed by atoms with van der Waals surface area (Å²) in [4.78, 5) is 22.3. The second kappa shape index (κ2) is 8.32. The van der Waals surface area contributed by atoms with Crippen molar-refractivity contribution in [3.8, 4) is 11.8 Å². The lowest BCUT2D eigenvalue weighted by Crippen LogP contribution is -2.18. The van der Waals surface area contributed by atoms with Gasteiger partial charge in [0.15, 0.2) is 0 Å². The Morgan fingerprint density at radius 1 is 1.41 bits per heavy atom. The maximum absolute atomic E-state index is 12.0. The normalized spacial score (nSPS) is 10.6. The minimum atomic E-state index is -0.896. The fourth-order valence-electron chi connectivity index (χ4n) is 1.64. The lowest BCUT2D eigenvalue weighted by atomic mass is 10.2. The van der Waals surface area contributed by atoms with Gasteiger partial charge in [0, 0.05) is 24.9 Å². The van der Waals surface area contributed by atoms with Crippen LogP contribution in [-0.2, 0) is 9.59 Å². The minimum absolute atomic E-state index is 0.0155. The van der Waals surface area contributed by atoms with Crippen LogP contribution in [0.1, 0.15) is 18.4 Å². The number of aliphatic carboxylic acids is 1. The number of aromatic hydroxyl groups is 1. The third-order valence-corrected chi connectivity index (χ3v) is 2.78. The van der Waals surface area contributed by atoms with Crippen molar-refractivity contribution in [2.24, 2.45) is 0 Å². The first kappa shape index (κ1) is 17.0. The molecule has 0 fully saturated rings. The van der Waals surface area contributed by atoms with Gasteiger partial charge < -0.3 is 20.8 Å². The predicted octanol–water partition coefficient (Wildman–Crippen LogP) is 1.50. The van der Waals surface area contributed by atoms with E-state index in [1.165, 1.54) is 24.4 Å². The van der Waals surface area contributed by atoms with Gasteiger partial charge in [-0.15, -0.1) is 0 Å². The van der Waals surface area contributed by atoms with Gasteiger partial charge in [0.25, 0.3) is 5.91 Å². The molecule has 1 rings (SSSR count). The molecular weight excluding hydrogens is 286 g/mol. The summed E-state index contributed by atoms with van der Waals surface area (Å²) in [5.74, 6) is -1.39. The highest BCUT2D eigenvalue weighted by Gasteiger charge is 2.10. The second-order valence-corrected chi connectivity index (χ2v) is 4.57. The zero-order valence-corrected chi connectivity index (χ0v) is 12.1. The molecule has 22 heavy (non-hydrogen) atoms. The van der Waals surface area contributed by atoms with Gasteiger partial charge in [0.2, 0.25) is 0 Å². The van der Waals surface area contributed by atoms with Crippen LogP contribution < -0.4 is 10.6 Å². The Morgan fingerprint density at radius 3 is 2.73 bits per heavy atom. The number of carboxylic acid groups (broad SMARTS) is 1. The molecule has 0 aromatic heterocycles. The van der Waals surface area contributed by atoms with Crippen molar-refractivity contribution in [1.29, 1.82) is 5.26 Å². The summed E-state index contributed by atoms with van der Waals surface area (Å²) in [5.41, 5.74) is 1.04. The first-order valence-corrected chi connectivity index (χ1v) is 6.60. The molecule has 116 valence electrons. The number of nitriles is 1. The van der Waals surface area contributed by atoms with E-state index in [1.807, 2.05) is 0 Å². The molecule has 0 saturated carbocycles. The number of nitrogens with one attached hydrogen (secondary N) is 2. The SMILES string of the molecule is Cc1cc(O)ccc1NC(=O)/C(C#N)=C\NCCCC(=O)O. The number of nitrogens with zero attached hydrogens (tertiary/aromatic N) is 1. The van der Waals surface area contributed by atoms with Crippen LogP contribution in [0.3, 0.4) is 0 Å². The van der Waals surface area contributed by atoms with E-state index in [-0.39, 0.29) is 17.7 Å². The summed E-state index contributed by atoms with van der Waals surface area (Å²) in [7, 11) is 0. The molecule has 0 unspecified atom stereocenters. The van der Waals surface area contributed by atoms with E-state index in [2.05, 4.69) is 10.6 Å². The van der Waals surface area contributed by atoms with Gasteiger partial charge >= 0.3 is 5.97 Å². The van der Waals surface area contributed by atoms with Crippen molar-refractivity contribution in [3.05, 3.63) is 35.5 Å². The third kappa shape index (κ3) is 5.54. The smallest absolute Gasteiger partial charge is 0.303 e. The monoisotopic (exact) mass is 303 g/mol. The number of benzene rings is 1. The molecule has 0 heterocycles. The largest absolute Gasteiger partial charge is 0.508 e. The minimum Gasteiger partial charge on any atom is -0.508 e. The van der Waals surface area contributed by atoms with Crippen molar-refractivity contribution in [1.82, 2.24) is 5.32 Å². The molecule has 0 aliphatic carbocycles. The van der Waals surface area contributed by atoms with Gasteiger partial charge in [-0.05, 0) is 37.1 Å². The average molecular weight is 303 g/mol. The Balaban J connectivity index is 2.60. The van der Waals surface area contributed by atoms with Crippen LogP contribution in [0.2, 0.25) is 0 Å². The molecule has 0 saturated heterocycles. The number of hydrogen-bond acceptors (Lipinski definition) is 5. The molecule has 0 aliphatic heterocycles. The van der Waals surface area contributed by atoms with Gasteiger partial charge in [-0.1, -0.05) is 0 Å². The molecule has 0 aliphatic rings. The van der Waals surface area contributed by atoms with Crippen molar-refractivity contribution >= 4 is 17.6 Å². The van der Waals surface area contributed by atoms with E-state index in [1.54, 1.807) is 13.0 Å². The van der Waals surface area contributed by atoms with E-state index < -0.39 is 11.9 Å². The lowest BCUT2D eigenvalue weighted by molar-refractivity contribution is -0.137. The van der Waals surface area contributed by atoms with Crippen LogP contribution in [0, 0.1) is 18.3 Å². The number of carboxylic acids is 1. The first-order valence-electron chi connectivity index (χ1n) is 6.60. The number of amides is 1. The standard InChI is InChI=1S/C15H17N3O4/c1-10-7-12(19)4-5-13(10)18-15(22)11(8-16)9-17-6-2-3-14(20)21/h4-5,7,9,17,19H,2-3,6H2,1H3,(H,18,22)(H,20,21)/b11-9-. The molecule has 0 spiro atoms. The summed E-state index contributed by atoms with van der Waals surface area (Å²) >= 11 is 0. The van der Waals surface area contributed by atoms with Crippen LogP contribution in [0.4, 0.5) is 5.69 Å². The molecule has 7 nitrogen and oxygen atoms in total. The van der Waals surface area contributed by atoms with Crippen LogP contribution in [-0.4, -0.2) is 28.6 Å². The number of hydrogen-bond donors (Lipinski definition) is 4. The number of anilines is 1. The maximum atomic E-state index is 12.0. The highest BCUT2D eigenvalue weighted by atomic mass is 16.4. The van der Waals surface area contributed by atoms with Crippen LogP contribution in [0.15, 0.2) is 30.0 Å². The highest BCUT2D eigenvalue weighted by Crippen LogP contribution is 2.20. The first-order chi connectivity index (χ1) is 10.4. The molecule has 1 aromatic carbocycles. The molecule has 0 atom stereocenters. The Kier molecular flexibility index (Phi) is 6.44. The number of aryl methyl sites for hydroxylation is 1. The van der Waals surface area contributed by atoms with Crippen molar-refractivity contribution < 1.29 is 19.8 Å². The molecular formula is C15H17N3O4. The topological polar surface area (TPSA) is 122 Å². The lowest BCUT2D eigenvalue weighted by Gasteiger charge is -2.08. The molecule has 0 radical (unpaired) electrons. The summed E-state index contributed by atoms with van der Waals surface area (Å²) in [5, 5.41) is 32.1. The van der Waals surface area contributed by atoms with Gasteiger partial charge in [-0.3, -0.25) is 9.59 Å². The molecule has 7 heteroatoms. The summed E-state index contributed by atoms with van der Waals surface area (Å²) in [6.07, 6.45) is 1.66. The molecule has 4 N–H and O–H groups in total. The molecule has 0 bridgehead atoms. The van der Waals surface area contributed by atoms with Gasteiger partial charge in [0.05, 0.1) is 0 Å². The van der Waals surface area contributed by atoms with Crippen LogP contribution in [0.5, 0.6) is 5.75 Å². The Morgan fingerprint density at radius 2 is 2.14 bits per heavy atom. The fourth-order valence-corrected chi connectivity index (χ4v) is 1.64. The number of carbonyl (C=O) groups excluding carboxylic acids is 1. The van der Waals surface area contributed by atoms with E-state index in [0.29, 0.717) is 24.2 Å². The number of phenols is 1. The summed E-state index contributed by atoms with van der Waals surface area (Å²) in [6, 6.07) is 6.24. The number of phenolic OH excluding ortho intramolecular Hbond substituents is 1. The van der Waals surface area contributed by atoms with E-state index >= 15 is 0 Å². The number of rotatable bonds is 7. The van der Waals surface area contributed by atoms with Crippen molar-refractivity contribution in [2.45, 2.75) is 19.8 Å². The third-order valence-electron chi connectivity index (χ3n) is 2.78. The second-order valence-electron chi connectivity index (χ2n) is 4.57. The predicted molar refractivity (Wildman–Crippen MR) is 80.0 cm³/mol. The Hall–Kier alpha value is -3.01. The van der Waals surface area contributed by atoms with Gasteiger partial charge in [-0.25, -0.2) is 0 Å².